The molecule has 1 saturated heterocycles. The van der Waals surface area contributed by atoms with E-state index in [1.165, 1.54) is 16.5 Å². The largest absolute Gasteiger partial charge is 0.368 e. The molecule has 1 N–H and O–H groups in total. The molecule has 1 fully saturated rings. The molecule has 0 amide bonds. The molecule has 1 aliphatic rings. The normalized spacial score (nSPS) is 15.1. The van der Waals surface area contributed by atoms with E-state index in [2.05, 4.69) is 61.9 Å². The number of hydrogen-bond acceptors (Lipinski definition) is 5. The van der Waals surface area contributed by atoms with E-state index in [4.69, 9.17) is 0 Å². The molecule has 1 aliphatic heterocycles. The van der Waals surface area contributed by atoms with Crippen LogP contribution >= 0.6 is 0 Å². The number of fused-ring (bicyclic) bond motifs is 2. The van der Waals surface area contributed by atoms with E-state index in [1.54, 1.807) is 6.20 Å². The summed E-state index contributed by atoms with van der Waals surface area (Å²) >= 11 is 0. The summed E-state index contributed by atoms with van der Waals surface area (Å²) in [6.07, 6.45) is 1.74. The lowest BCUT2D eigenvalue weighted by Gasteiger charge is -2.30. The van der Waals surface area contributed by atoms with Crippen molar-refractivity contribution in [3.63, 3.8) is 0 Å². The van der Waals surface area contributed by atoms with Crippen LogP contribution in [0.5, 0.6) is 0 Å². The monoisotopic (exact) mass is 330 g/mol. The highest BCUT2D eigenvalue weighted by Crippen LogP contribution is 2.29. The fourth-order valence-electron chi connectivity index (χ4n) is 3.51. The fourth-order valence-corrected chi connectivity index (χ4v) is 3.51. The van der Waals surface area contributed by atoms with E-state index >= 15 is 0 Å². The molecule has 5 rings (SSSR count). The lowest BCUT2D eigenvalue weighted by Crippen LogP contribution is -2.43. The molecule has 0 saturated carbocycles. The predicted octanol–water partition coefficient (Wildman–Crippen LogP) is 2.38. The van der Waals surface area contributed by atoms with Crippen LogP contribution in [0.1, 0.15) is 0 Å². The Kier molecular flexibility index (Phi) is 3.34. The second-order valence-electron chi connectivity index (χ2n) is 6.27. The van der Waals surface area contributed by atoms with Crippen molar-refractivity contribution in [2.75, 3.05) is 31.1 Å². The number of anilines is 1. The van der Waals surface area contributed by atoms with Gasteiger partial charge in [0.15, 0.2) is 0 Å². The number of nitrogens with one attached hydrogen (secondary N) is 1. The quantitative estimate of drug-likeness (QED) is 0.611. The van der Waals surface area contributed by atoms with E-state index in [9.17, 15) is 0 Å². The summed E-state index contributed by atoms with van der Waals surface area (Å²) in [5.74, 6) is 0. The molecule has 6 nitrogen and oxygen atoms in total. The van der Waals surface area contributed by atoms with Crippen molar-refractivity contribution < 1.29 is 0 Å². The smallest absolute Gasteiger partial charge is 0.202 e. The van der Waals surface area contributed by atoms with Gasteiger partial charge in [-0.1, -0.05) is 23.4 Å². The molecule has 4 aromatic rings. The number of nitrogens with zero attached hydrogens (tertiary/aromatic N) is 5. The van der Waals surface area contributed by atoms with Gasteiger partial charge in [0, 0.05) is 43.4 Å². The molecular formula is C19H18N6. The minimum Gasteiger partial charge on any atom is -0.368 e. The first-order chi connectivity index (χ1) is 12.4. The number of piperazine rings is 1. The summed E-state index contributed by atoms with van der Waals surface area (Å²) in [5.41, 5.74) is 3.87. The van der Waals surface area contributed by atoms with Gasteiger partial charge in [-0.2, -0.15) is 0 Å². The Morgan fingerprint density at radius 2 is 1.88 bits per heavy atom. The maximum atomic E-state index is 4.30. The van der Waals surface area contributed by atoms with Gasteiger partial charge in [0.05, 0.1) is 5.69 Å². The average molecular weight is 330 g/mol. The number of rotatable bonds is 2. The van der Waals surface area contributed by atoms with Gasteiger partial charge in [0.1, 0.15) is 5.52 Å². The Morgan fingerprint density at radius 1 is 0.960 bits per heavy atom. The van der Waals surface area contributed by atoms with Crippen molar-refractivity contribution in [3.05, 3.63) is 54.7 Å². The standard InChI is InChI=1S/C19H18N6/c1-3-14-6-7-15(25-18-5-2-8-21-19(18)22-23-25)13-16(14)17(4-1)24-11-9-20-10-12-24/h1-8,13,20H,9-12H2. The Balaban J connectivity index is 1.68. The maximum Gasteiger partial charge on any atom is 0.202 e. The third kappa shape index (κ3) is 2.42. The highest BCUT2D eigenvalue weighted by molar-refractivity contribution is 5.96. The van der Waals surface area contributed by atoms with Gasteiger partial charge in [0.2, 0.25) is 5.65 Å². The van der Waals surface area contributed by atoms with Crippen LogP contribution in [0, 0.1) is 0 Å². The van der Waals surface area contributed by atoms with Gasteiger partial charge < -0.3 is 10.2 Å². The van der Waals surface area contributed by atoms with Gasteiger partial charge in [-0.05, 0) is 35.7 Å². The second-order valence-corrected chi connectivity index (χ2v) is 6.27. The van der Waals surface area contributed by atoms with Crippen molar-refractivity contribution in [2.24, 2.45) is 0 Å². The molecule has 124 valence electrons. The topological polar surface area (TPSA) is 58.9 Å². The van der Waals surface area contributed by atoms with E-state index in [0.717, 1.165) is 37.4 Å². The van der Waals surface area contributed by atoms with Gasteiger partial charge in [-0.3, -0.25) is 0 Å². The summed E-state index contributed by atoms with van der Waals surface area (Å²) in [6, 6.07) is 16.8. The maximum absolute atomic E-state index is 4.30. The number of pyridine rings is 1. The van der Waals surface area contributed by atoms with Crippen LogP contribution in [0.2, 0.25) is 0 Å². The zero-order chi connectivity index (χ0) is 16.6. The van der Waals surface area contributed by atoms with E-state index in [-0.39, 0.29) is 0 Å². The number of hydrogen-bond donors (Lipinski definition) is 1. The fraction of sp³-hybridized carbons (Fsp3) is 0.211. The number of aromatic nitrogens is 4. The Morgan fingerprint density at radius 3 is 2.80 bits per heavy atom. The van der Waals surface area contributed by atoms with Crippen LogP contribution in [0.4, 0.5) is 5.69 Å². The van der Waals surface area contributed by atoms with Crippen LogP contribution < -0.4 is 10.2 Å². The molecular weight excluding hydrogens is 312 g/mol. The van der Waals surface area contributed by atoms with Crippen LogP contribution in [0.25, 0.3) is 27.6 Å². The molecule has 3 heterocycles. The summed E-state index contributed by atoms with van der Waals surface area (Å²) < 4.78 is 1.86. The van der Waals surface area contributed by atoms with Crippen molar-refractivity contribution in [2.45, 2.75) is 0 Å². The highest BCUT2D eigenvalue weighted by Gasteiger charge is 2.14. The van der Waals surface area contributed by atoms with Gasteiger partial charge in [-0.15, -0.1) is 5.10 Å². The molecule has 0 aliphatic carbocycles. The molecule has 0 radical (unpaired) electrons. The summed E-state index contributed by atoms with van der Waals surface area (Å²) in [5, 5.41) is 14.4. The third-order valence-corrected chi connectivity index (χ3v) is 4.77. The van der Waals surface area contributed by atoms with Crippen LogP contribution in [0.3, 0.4) is 0 Å². The Bertz CT molecular complexity index is 1050. The Labute approximate surface area is 145 Å². The predicted molar refractivity (Wildman–Crippen MR) is 99.2 cm³/mol. The second kappa shape index (κ2) is 5.82. The van der Waals surface area contributed by atoms with E-state index in [0.29, 0.717) is 5.65 Å². The molecule has 0 bridgehead atoms. The molecule has 6 heteroatoms. The zero-order valence-electron chi connectivity index (χ0n) is 13.8. The minimum absolute atomic E-state index is 0.665. The van der Waals surface area contributed by atoms with Crippen molar-refractivity contribution >= 4 is 27.6 Å². The zero-order valence-corrected chi connectivity index (χ0v) is 13.8. The highest BCUT2D eigenvalue weighted by atomic mass is 15.4. The van der Waals surface area contributed by atoms with Crippen LogP contribution in [-0.2, 0) is 0 Å². The molecule has 2 aromatic carbocycles. The van der Waals surface area contributed by atoms with Gasteiger partial charge in [0.25, 0.3) is 0 Å². The van der Waals surface area contributed by atoms with Crippen molar-refractivity contribution in [1.82, 2.24) is 25.3 Å². The minimum atomic E-state index is 0.665. The first kappa shape index (κ1) is 14.4. The molecule has 0 unspecified atom stereocenters. The SMILES string of the molecule is c1cc(N2CCNCC2)c2cc(-n3nnc4ncccc43)ccc2c1. The number of benzene rings is 2. The van der Waals surface area contributed by atoms with Gasteiger partial charge in [-0.25, -0.2) is 9.67 Å². The lowest BCUT2D eigenvalue weighted by atomic mass is 10.1. The van der Waals surface area contributed by atoms with Crippen molar-refractivity contribution in [3.8, 4) is 5.69 Å². The summed E-state index contributed by atoms with van der Waals surface area (Å²) in [4.78, 5) is 6.72. The van der Waals surface area contributed by atoms with Crippen LogP contribution in [0.15, 0.2) is 54.7 Å². The molecule has 25 heavy (non-hydrogen) atoms. The molecule has 0 spiro atoms. The third-order valence-electron chi connectivity index (χ3n) is 4.77. The van der Waals surface area contributed by atoms with E-state index < -0.39 is 0 Å². The van der Waals surface area contributed by atoms with Crippen molar-refractivity contribution in [1.29, 1.82) is 0 Å². The Hall–Kier alpha value is -2.99. The lowest BCUT2D eigenvalue weighted by molar-refractivity contribution is 0.590. The summed E-state index contributed by atoms with van der Waals surface area (Å²) in [7, 11) is 0. The first-order valence-electron chi connectivity index (χ1n) is 8.55. The molecule has 0 atom stereocenters. The van der Waals surface area contributed by atoms with Gasteiger partial charge >= 0.3 is 0 Å². The average Bonchev–Trinajstić information content (AvgIpc) is 3.12. The van der Waals surface area contributed by atoms with E-state index in [1.807, 2.05) is 16.8 Å². The van der Waals surface area contributed by atoms with Crippen LogP contribution in [-0.4, -0.2) is 46.2 Å². The summed E-state index contributed by atoms with van der Waals surface area (Å²) in [6.45, 7) is 4.10. The first-order valence-corrected chi connectivity index (χ1v) is 8.55. The molecule has 2 aromatic heterocycles.